The first-order valence-corrected chi connectivity index (χ1v) is 7.60. The standard InChI is InChI=1S/C17H18N2O5/c1-10-6-16(21)24-14-8-12(4-5-13(10)14)23-9-11-7-15(20)19(3)17(22)18(11)2/h4-5,7-8,10H,6,9H2,1-3H3. The molecule has 3 rings (SSSR count). The molecule has 0 spiro atoms. The molecule has 1 aromatic carbocycles. The highest BCUT2D eigenvalue weighted by Crippen LogP contribution is 2.36. The molecule has 1 atom stereocenters. The van der Waals surface area contributed by atoms with Crippen LogP contribution in [-0.4, -0.2) is 15.1 Å². The molecule has 0 radical (unpaired) electrons. The van der Waals surface area contributed by atoms with E-state index in [1.165, 1.54) is 17.7 Å². The van der Waals surface area contributed by atoms with Crippen LogP contribution in [0, 0.1) is 0 Å². The van der Waals surface area contributed by atoms with E-state index < -0.39 is 5.69 Å². The van der Waals surface area contributed by atoms with Crippen molar-refractivity contribution in [1.29, 1.82) is 0 Å². The monoisotopic (exact) mass is 330 g/mol. The normalized spacial score (nSPS) is 16.5. The number of carbonyl (C=O) groups is 1. The van der Waals surface area contributed by atoms with E-state index in [1.807, 2.05) is 13.0 Å². The van der Waals surface area contributed by atoms with Crippen molar-refractivity contribution < 1.29 is 14.3 Å². The third kappa shape index (κ3) is 2.84. The number of rotatable bonds is 3. The number of carbonyl (C=O) groups excluding carboxylic acids is 1. The predicted octanol–water partition coefficient (Wildman–Crippen LogP) is 1.08. The summed E-state index contributed by atoms with van der Waals surface area (Å²) in [5.74, 6) is 0.840. The molecule has 1 aliphatic heterocycles. The maximum absolute atomic E-state index is 11.9. The van der Waals surface area contributed by atoms with E-state index in [4.69, 9.17) is 9.47 Å². The Bertz CT molecular complexity index is 926. The second kappa shape index (κ2) is 5.99. The third-order valence-electron chi connectivity index (χ3n) is 4.22. The van der Waals surface area contributed by atoms with Crippen LogP contribution in [0.4, 0.5) is 0 Å². The SMILES string of the molecule is CC1CC(=O)Oc2cc(OCc3cc(=O)n(C)c(=O)n3C)ccc21. The summed E-state index contributed by atoms with van der Waals surface area (Å²) in [5.41, 5.74) is 0.633. The van der Waals surface area contributed by atoms with Crippen molar-refractivity contribution in [3.05, 3.63) is 56.4 Å². The summed E-state index contributed by atoms with van der Waals surface area (Å²) >= 11 is 0. The van der Waals surface area contributed by atoms with Gasteiger partial charge in [0.1, 0.15) is 18.1 Å². The summed E-state index contributed by atoms with van der Waals surface area (Å²) in [6.07, 6.45) is 0.364. The van der Waals surface area contributed by atoms with E-state index >= 15 is 0 Å². The van der Waals surface area contributed by atoms with Gasteiger partial charge in [-0.05, 0) is 17.5 Å². The molecule has 1 aliphatic rings. The van der Waals surface area contributed by atoms with Crippen LogP contribution < -0.4 is 20.7 Å². The number of nitrogens with zero attached hydrogens (tertiary/aromatic N) is 2. The Hall–Kier alpha value is -2.83. The average Bonchev–Trinajstić information content (AvgIpc) is 2.54. The molecule has 1 aromatic heterocycles. The minimum atomic E-state index is -0.408. The van der Waals surface area contributed by atoms with E-state index in [9.17, 15) is 14.4 Å². The van der Waals surface area contributed by atoms with Crippen LogP contribution in [-0.2, 0) is 25.5 Å². The first-order chi connectivity index (χ1) is 11.4. The quantitative estimate of drug-likeness (QED) is 0.621. The number of hydrogen-bond donors (Lipinski definition) is 0. The fourth-order valence-electron chi connectivity index (χ4n) is 2.70. The lowest BCUT2D eigenvalue weighted by Crippen LogP contribution is -2.38. The zero-order valence-corrected chi connectivity index (χ0v) is 13.7. The maximum atomic E-state index is 11.9. The Morgan fingerprint density at radius 1 is 1.17 bits per heavy atom. The fourth-order valence-corrected chi connectivity index (χ4v) is 2.70. The summed E-state index contributed by atoms with van der Waals surface area (Å²) in [4.78, 5) is 35.2. The third-order valence-corrected chi connectivity index (χ3v) is 4.22. The molecule has 0 bridgehead atoms. The second-order valence-electron chi connectivity index (χ2n) is 5.94. The van der Waals surface area contributed by atoms with Gasteiger partial charge in [0.05, 0.1) is 12.1 Å². The van der Waals surface area contributed by atoms with Gasteiger partial charge < -0.3 is 9.47 Å². The summed E-state index contributed by atoms with van der Waals surface area (Å²) in [7, 11) is 3.01. The molecule has 7 heteroatoms. The van der Waals surface area contributed by atoms with Gasteiger partial charge >= 0.3 is 11.7 Å². The first-order valence-electron chi connectivity index (χ1n) is 7.60. The molecule has 0 N–H and O–H groups in total. The molecule has 1 unspecified atom stereocenters. The molecule has 126 valence electrons. The van der Waals surface area contributed by atoms with Gasteiger partial charge in [-0.25, -0.2) is 4.79 Å². The number of ether oxygens (including phenoxy) is 2. The van der Waals surface area contributed by atoms with Gasteiger partial charge in [-0.2, -0.15) is 0 Å². The summed E-state index contributed by atoms with van der Waals surface area (Å²) in [6, 6.07) is 6.67. The number of esters is 1. The Morgan fingerprint density at radius 3 is 2.67 bits per heavy atom. The van der Waals surface area contributed by atoms with Crippen molar-refractivity contribution in [1.82, 2.24) is 9.13 Å². The summed E-state index contributed by atoms with van der Waals surface area (Å²) in [6.45, 7) is 2.03. The Kier molecular flexibility index (Phi) is 4.01. The molecule has 2 heterocycles. The van der Waals surface area contributed by atoms with Crippen LogP contribution in [0.15, 0.2) is 33.9 Å². The van der Waals surface area contributed by atoms with Gasteiger partial charge in [0, 0.05) is 26.2 Å². The van der Waals surface area contributed by atoms with Crippen molar-refractivity contribution in [2.75, 3.05) is 0 Å². The van der Waals surface area contributed by atoms with Crippen LogP contribution in [0.3, 0.4) is 0 Å². The number of benzene rings is 1. The smallest absolute Gasteiger partial charge is 0.330 e. The molecule has 0 saturated heterocycles. The zero-order chi connectivity index (χ0) is 17.4. The molecule has 0 amide bonds. The van der Waals surface area contributed by atoms with Gasteiger partial charge in [0.25, 0.3) is 5.56 Å². The molecule has 24 heavy (non-hydrogen) atoms. The maximum Gasteiger partial charge on any atom is 0.330 e. The van der Waals surface area contributed by atoms with Crippen molar-refractivity contribution in [3.8, 4) is 11.5 Å². The topological polar surface area (TPSA) is 79.5 Å². The highest BCUT2D eigenvalue weighted by atomic mass is 16.5. The van der Waals surface area contributed by atoms with E-state index in [2.05, 4.69) is 0 Å². The van der Waals surface area contributed by atoms with Crippen LogP contribution in [0.25, 0.3) is 0 Å². The average molecular weight is 330 g/mol. The van der Waals surface area contributed by atoms with E-state index in [-0.39, 0.29) is 24.1 Å². The Balaban J connectivity index is 1.84. The van der Waals surface area contributed by atoms with Gasteiger partial charge in [-0.1, -0.05) is 13.0 Å². The predicted molar refractivity (Wildman–Crippen MR) is 86.4 cm³/mol. The van der Waals surface area contributed by atoms with Gasteiger partial charge in [0.2, 0.25) is 0 Å². The van der Waals surface area contributed by atoms with Crippen LogP contribution >= 0.6 is 0 Å². The highest BCUT2D eigenvalue weighted by Gasteiger charge is 2.24. The minimum absolute atomic E-state index is 0.0596. The lowest BCUT2D eigenvalue weighted by molar-refractivity contribution is -0.135. The van der Waals surface area contributed by atoms with E-state index in [0.717, 1.165) is 10.1 Å². The van der Waals surface area contributed by atoms with Crippen molar-refractivity contribution in [2.45, 2.75) is 25.9 Å². The number of hydrogen-bond acceptors (Lipinski definition) is 5. The van der Waals surface area contributed by atoms with E-state index in [1.54, 1.807) is 19.2 Å². The number of fused-ring (bicyclic) bond motifs is 1. The highest BCUT2D eigenvalue weighted by molar-refractivity contribution is 5.76. The van der Waals surface area contributed by atoms with Crippen LogP contribution in [0.2, 0.25) is 0 Å². The summed E-state index contributed by atoms with van der Waals surface area (Å²) in [5, 5.41) is 0. The largest absolute Gasteiger partial charge is 0.487 e. The summed E-state index contributed by atoms with van der Waals surface area (Å²) < 4.78 is 13.3. The Labute approximate surface area is 138 Å². The van der Waals surface area contributed by atoms with Crippen LogP contribution in [0.1, 0.15) is 30.5 Å². The number of aromatic nitrogens is 2. The molecular formula is C17H18N2O5. The molecule has 2 aromatic rings. The molecule has 0 saturated carbocycles. The van der Waals surface area contributed by atoms with Crippen molar-refractivity contribution in [2.24, 2.45) is 14.1 Å². The molecule has 7 nitrogen and oxygen atoms in total. The van der Waals surface area contributed by atoms with Crippen molar-refractivity contribution in [3.63, 3.8) is 0 Å². The fraction of sp³-hybridized carbons (Fsp3) is 0.353. The second-order valence-corrected chi connectivity index (χ2v) is 5.94. The van der Waals surface area contributed by atoms with Crippen molar-refractivity contribution >= 4 is 5.97 Å². The lowest BCUT2D eigenvalue weighted by Gasteiger charge is -2.22. The minimum Gasteiger partial charge on any atom is -0.487 e. The first kappa shape index (κ1) is 16.0. The molecule has 0 aliphatic carbocycles. The van der Waals surface area contributed by atoms with Crippen LogP contribution in [0.5, 0.6) is 11.5 Å². The van der Waals surface area contributed by atoms with Gasteiger partial charge in [-0.3, -0.25) is 18.7 Å². The van der Waals surface area contributed by atoms with E-state index in [0.29, 0.717) is 23.6 Å². The Morgan fingerprint density at radius 2 is 1.92 bits per heavy atom. The van der Waals surface area contributed by atoms with Gasteiger partial charge in [0.15, 0.2) is 0 Å². The van der Waals surface area contributed by atoms with Gasteiger partial charge in [-0.15, -0.1) is 0 Å². The molecular weight excluding hydrogens is 312 g/mol. The molecule has 0 fully saturated rings. The lowest BCUT2D eigenvalue weighted by atomic mass is 9.95. The zero-order valence-electron chi connectivity index (χ0n) is 13.7.